The van der Waals surface area contributed by atoms with Crippen molar-refractivity contribution in [2.75, 3.05) is 0 Å². The SMILES string of the molecule is Cc1ccc(C(=O)C(CC[Se]c2ccccc2)C(=O)/C(=C/c2cccs2)c2ccccc2)cc1. The number of Topliss-reactive ketones (excluding diaryl/α,β-unsaturated/α-hetero) is 2. The summed E-state index contributed by atoms with van der Waals surface area (Å²) in [6, 6.07) is 31.5. The molecule has 0 N–H and O–H groups in total. The number of hydrogen-bond acceptors (Lipinski definition) is 3. The molecule has 4 rings (SSSR count). The van der Waals surface area contributed by atoms with E-state index in [2.05, 4.69) is 12.1 Å². The number of ketones is 2. The Balaban J connectivity index is 1.66. The third kappa shape index (κ3) is 6.30. The van der Waals surface area contributed by atoms with Gasteiger partial charge in [0.1, 0.15) is 0 Å². The quantitative estimate of drug-likeness (QED) is 0.102. The molecule has 1 heterocycles. The van der Waals surface area contributed by atoms with Gasteiger partial charge >= 0.3 is 212 Å². The molecule has 0 bridgehead atoms. The van der Waals surface area contributed by atoms with E-state index in [0.717, 1.165) is 21.3 Å². The van der Waals surface area contributed by atoms with Crippen molar-refractivity contribution in [1.82, 2.24) is 0 Å². The number of carbonyl (C=O) groups excluding carboxylic acids is 2. The molecule has 0 aliphatic carbocycles. The molecule has 4 heteroatoms. The number of thiophene rings is 1. The molecule has 1 aromatic heterocycles. The van der Waals surface area contributed by atoms with Crippen molar-refractivity contribution in [1.29, 1.82) is 0 Å². The second-order valence-electron chi connectivity index (χ2n) is 8.04. The minimum atomic E-state index is -0.709. The van der Waals surface area contributed by atoms with Crippen molar-refractivity contribution in [3.05, 3.63) is 124 Å². The van der Waals surface area contributed by atoms with Crippen LogP contribution in [0.3, 0.4) is 0 Å². The van der Waals surface area contributed by atoms with Gasteiger partial charge in [-0.05, 0) is 0 Å². The van der Waals surface area contributed by atoms with Crippen LogP contribution in [0.2, 0.25) is 5.32 Å². The second-order valence-corrected chi connectivity index (χ2v) is 11.5. The van der Waals surface area contributed by atoms with Gasteiger partial charge in [-0.3, -0.25) is 0 Å². The van der Waals surface area contributed by atoms with Crippen LogP contribution < -0.4 is 4.46 Å². The van der Waals surface area contributed by atoms with Gasteiger partial charge in [-0.25, -0.2) is 0 Å². The van der Waals surface area contributed by atoms with Gasteiger partial charge in [0.15, 0.2) is 0 Å². The Morgan fingerprint density at radius 2 is 1.50 bits per heavy atom. The molecule has 4 aromatic rings. The molecule has 170 valence electrons. The zero-order valence-electron chi connectivity index (χ0n) is 19.0. The summed E-state index contributed by atoms with van der Waals surface area (Å²) >= 11 is 1.79. The Hall–Kier alpha value is -3.04. The number of rotatable bonds is 10. The van der Waals surface area contributed by atoms with Gasteiger partial charge in [0.05, 0.1) is 0 Å². The molecule has 0 aliphatic heterocycles. The van der Waals surface area contributed by atoms with E-state index in [1.807, 2.05) is 103 Å². The third-order valence-corrected chi connectivity index (χ3v) is 8.58. The molecular weight excluding hydrogens is 503 g/mol. The average Bonchev–Trinajstić information content (AvgIpc) is 3.39. The summed E-state index contributed by atoms with van der Waals surface area (Å²) in [6.45, 7) is 2.00. The fourth-order valence-electron chi connectivity index (χ4n) is 3.73. The van der Waals surface area contributed by atoms with Gasteiger partial charge in [-0.1, -0.05) is 0 Å². The number of hydrogen-bond donors (Lipinski definition) is 0. The molecule has 2 nitrogen and oxygen atoms in total. The van der Waals surface area contributed by atoms with Crippen LogP contribution >= 0.6 is 11.3 Å². The molecule has 1 unspecified atom stereocenters. The number of allylic oxidation sites excluding steroid dienone is 1. The first-order chi connectivity index (χ1) is 16.6. The summed E-state index contributed by atoms with van der Waals surface area (Å²) in [5.74, 6) is -0.907. The van der Waals surface area contributed by atoms with E-state index < -0.39 is 5.92 Å². The maximum absolute atomic E-state index is 14.0. The maximum atomic E-state index is 14.0. The molecule has 34 heavy (non-hydrogen) atoms. The molecule has 0 spiro atoms. The van der Waals surface area contributed by atoms with E-state index in [1.54, 1.807) is 11.3 Å². The van der Waals surface area contributed by atoms with Crippen LogP contribution in [-0.4, -0.2) is 26.5 Å². The summed E-state index contributed by atoms with van der Waals surface area (Å²) < 4.78 is 1.28. The predicted octanol–water partition coefficient (Wildman–Crippen LogP) is 6.50. The van der Waals surface area contributed by atoms with Crippen molar-refractivity contribution < 1.29 is 9.59 Å². The number of aryl methyl sites for hydroxylation is 1. The monoisotopic (exact) mass is 530 g/mol. The zero-order valence-corrected chi connectivity index (χ0v) is 21.5. The summed E-state index contributed by atoms with van der Waals surface area (Å²) in [4.78, 5) is 28.7. The summed E-state index contributed by atoms with van der Waals surface area (Å²) in [6.07, 6.45) is 2.47. The van der Waals surface area contributed by atoms with Gasteiger partial charge in [0.25, 0.3) is 0 Å². The van der Waals surface area contributed by atoms with Gasteiger partial charge in [0, 0.05) is 0 Å². The molecular formula is C30H26O2SSe. The van der Waals surface area contributed by atoms with Crippen LogP contribution in [-0.2, 0) is 4.79 Å². The normalized spacial score (nSPS) is 12.3. The summed E-state index contributed by atoms with van der Waals surface area (Å²) in [5.41, 5.74) is 3.13. The Labute approximate surface area is 211 Å². The first-order valence-corrected chi connectivity index (χ1v) is 14.2. The second kappa shape index (κ2) is 11.9. The van der Waals surface area contributed by atoms with Gasteiger partial charge in [-0.15, -0.1) is 0 Å². The molecule has 0 saturated carbocycles. The van der Waals surface area contributed by atoms with E-state index in [1.165, 1.54) is 4.46 Å². The number of carbonyl (C=O) groups is 2. The predicted molar refractivity (Wildman–Crippen MR) is 144 cm³/mol. The van der Waals surface area contributed by atoms with E-state index in [4.69, 9.17) is 0 Å². The minimum absolute atomic E-state index is 0.0955. The molecule has 0 amide bonds. The van der Waals surface area contributed by atoms with Crippen LogP contribution in [0.4, 0.5) is 0 Å². The first kappa shape index (κ1) is 24.1. The Bertz CT molecular complexity index is 1240. The van der Waals surface area contributed by atoms with Crippen LogP contribution in [0, 0.1) is 12.8 Å². The van der Waals surface area contributed by atoms with Gasteiger partial charge in [0.2, 0.25) is 0 Å². The third-order valence-electron chi connectivity index (χ3n) is 5.57. The van der Waals surface area contributed by atoms with Crippen LogP contribution in [0.5, 0.6) is 0 Å². The number of benzene rings is 3. The van der Waals surface area contributed by atoms with Crippen molar-refractivity contribution in [2.45, 2.75) is 18.7 Å². The Morgan fingerprint density at radius 3 is 2.15 bits per heavy atom. The van der Waals surface area contributed by atoms with Crippen molar-refractivity contribution in [3.63, 3.8) is 0 Å². The summed E-state index contributed by atoms with van der Waals surface area (Å²) in [5, 5.41) is 2.82. The van der Waals surface area contributed by atoms with Gasteiger partial charge < -0.3 is 0 Å². The molecule has 3 aromatic carbocycles. The zero-order chi connectivity index (χ0) is 23.8. The van der Waals surface area contributed by atoms with E-state index in [9.17, 15) is 9.59 Å². The molecule has 0 aliphatic rings. The van der Waals surface area contributed by atoms with Gasteiger partial charge in [-0.2, -0.15) is 0 Å². The van der Waals surface area contributed by atoms with Crippen molar-refractivity contribution in [3.8, 4) is 0 Å². The molecule has 0 fully saturated rings. The molecule has 1 atom stereocenters. The van der Waals surface area contributed by atoms with E-state index >= 15 is 0 Å². The topological polar surface area (TPSA) is 34.1 Å². The van der Waals surface area contributed by atoms with Crippen LogP contribution in [0.15, 0.2) is 102 Å². The van der Waals surface area contributed by atoms with E-state index in [0.29, 0.717) is 17.6 Å². The fourth-order valence-corrected chi connectivity index (χ4v) is 6.36. The Morgan fingerprint density at radius 1 is 0.824 bits per heavy atom. The standard InChI is InChI=1S/C30H26O2SSe/c1-22-14-16-24(17-15-22)29(31)27(18-20-34-26-12-6-3-7-13-26)30(32)28(21-25-11-8-19-33-25)23-9-4-2-5-10-23/h2-17,19,21,27H,18,20H2,1H3/b28-21+. The fraction of sp³-hybridized carbons (Fsp3) is 0.133. The van der Waals surface area contributed by atoms with Crippen LogP contribution in [0.1, 0.15) is 32.8 Å². The van der Waals surface area contributed by atoms with Crippen LogP contribution in [0.25, 0.3) is 11.6 Å². The molecule has 0 radical (unpaired) electrons. The average molecular weight is 530 g/mol. The summed E-state index contributed by atoms with van der Waals surface area (Å²) in [7, 11) is 0. The van der Waals surface area contributed by atoms with E-state index in [-0.39, 0.29) is 26.5 Å². The first-order valence-electron chi connectivity index (χ1n) is 11.3. The van der Waals surface area contributed by atoms with Crippen molar-refractivity contribution in [2.24, 2.45) is 5.92 Å². The Kier molecular flexibility index (Phi) is 8.43. The van der Waals surface area contributed by atoms with Crippen molar-refractivity contribution >= 4 is 54.0 Å². The molecule has 0 saturated heterocycles.